The molecular formula is C23H23NO5S. The van der Waals surface area contributed by atoms with Crippen molar-refractivity contribution in [3.8, 4) is 11.5 Å². The van der Waals surface area contributed by atoms with Gasteiger partial charge in [-0.05, 0) is 62.5 Å². The highest BCUT2D eigenvalue weighted by atomic mass is 32.2. The lowest BCUT2D eigenvalue weighted by Gasteiger charge is -2.57. The van der Waals surface area contributed by atoms with Crippen LogP contribution in [0.5, 0.6) is 11.5 Å². The van der Waals surface area contributed by atoms with Gasteiger partial charge in [0.1, 0.15) is 4.90 Å². The number of rotatable bonds is 3. The fraction of sp³-hybridized carbons (Fsp3) is 0.435. The van der Waals surface area contributed by atoms with Crippen molar-refractivity contribution in [2.45, 2.75) is 48.1 Å². The summed E-state index contributed by atoms with van der Waals surface area (Å²) in [4.78, 5) is 15.4. The molecule has 2 aromatic rings. The molecule has 0 aromatic heterocycles. The van der Waals surface area contributed by atoms with Gasteiger partial charge in [0.15, 0.2) is 23.4 Å². The fourth-order valence-electron chi connectivity index (χ4n) is 6.33. The largest absolute Gasteiger partial charge is 0.477 e. The predicted molar refractivity (Wildman–Crippen MR) is 109 cm³/mol. The number of ether oxygens (including phenoxy) is 1. The van der Waals surface area contributed by atoms with Crippen LogP contribution in [0.25, 0.3) is 0 Å². The Morgan fingerprint density at radius 3 is 2.77 bits per heavy atom. The normalized spacial score (nSPS) is 31.8. The molecule has 2 aliphatic carbocycles. The zero-order chi connectivity index (χ0) is 20.7. The van der Waals surface area contributed by atoms with E-state index >= 15 is 0 Å². The zero-order valence-corrected chi connectivity index (χ0v) is 17.5. The third-order valence-corrected chi connectivity index (χ3v) is 8.85. The van der Waals surface area contributed by atoms with Crippen molar-refractivity contribution in [2.75, 3.05) is 13.6 Å². The van der Waals surface area contributed by atoms with Crippen molar-refractivity contribution < 1.29 is 22.1 Å². The number of carbonyl (C=O) groups excluding carboxylic acids is 1. The molecule has 2 heterocycles. The molecule has 6 rings (SSSR count). The fourth-order valence-corrected chi connectivity index (χ4v) is 7.28. The molecule has 4 atom stereocenters. The van der Waals surface area contributed by atoms with Gasteiger partial charge in [0.2, 0.25) is 0 Å². The summed E-state index contributed by atoms with van der Waals surface area (Å²) in [5.74, 6) is 1.11. The highest BCUT2D eigenvalue weighted by Gasteiger charge is 2.65. The van der Waals surface area contributed by atoms with E-state index in [1.165, 1.54) is 12.1 Å². The van der Waals surface area contributed by atoms with Gasteiger partial charge in [0, 0.05) is 23.4 Å². The summed E-state index contributed by atoms with van der Waals surface area (Å²) in [6, 6.07) is 12.1. The van der Waals surface area contributed by atoms with Gasteiger partial charge in [-0.3, -0.25) is 4.79 Å². The SMILES string of the molecule is CN1CC[C@]23c4c5ccc(OS(=O)(=O)c6ccccc6)c4O[C@H]2C(=O)CCC3[C@H]1C5. The van der Waals surface area contributed by atoms with E-state index in [-0.39, 0.29) is 21.8 Å². The second kappa shape index (κ2) is 6.08. The third kappa shape index (κ3) is 2.28. The van der Waals surface area contributed by atoms with Gasteiger partial charge < -0.3 is 13.8 Å². The number of Topliss-reactive ketones (excluding diaryl/α,β-unsaturated/α-hetero) is 1. The van der Waals surface area contributed by atoms with Gasteiger partial charge in [-0.25, -0.2) is 0 Å². The van der Waals surface area contributed by atoms with E-state index in [1.807, 2.05) is 6.07 Å². The summed E-state index contributed by atoms with van der Waals surface area (Å²) in [7, 11) is -1.83. The van der Waals surface area contributed by atoms with Crippen LogP contribution in [0, 0.1) is 5.92 Å². The number of benzene rings is 2. The molecule has 7 heteroatoms. The van der Waals surface area contributed by atoms with Gasteiger partial charge >= 0.3 is 10.1 Å². The van der Waals surface area contributed by atoms with Crippen LogP contribution in [0.15, 0.2) is 47.4 Å². The minimum atomic E-state index is -3.99. The van der Waals surface area contributed by atoms with Crippen molar-refractivity contribution in [2.24, 2.45) is 5.92 Å². The molecule has 1 spiro atoms. The Morgan fingerprint density at radius 1 is 1.17 bits per heavy atom. The number of piperidine rings is 1. The number of hydrogen-bond donors (Lipinski definition) is 0. The lowest BCUT2D eigenvalue weighted by Crippen LogP contribution is -2.65. The number of carbonyl (C=O) groups is 1. The molecule has 6 nitrogen and oxygen atoms in total. The van der Waals surface area contributed by atoms with E-state index in [0.717, 1.165) is 36.9 Å². The minimum Gasteiger partial charge on any atom is -0.477 e. The van der Waals surface area contributed by atoms with Crippen molar-refractivity contribution in [1.82, 2.24) is 4.90 Å². The Balaban J connectivity index is 1.50. The average molecular weight is 426 g/mol. The van der Waals surface area contributed by atoms with E-state index in [0.29, 0.717) is 24.1 Å². The summed E-state index contributed by atoms with van der Waals surface area (Å²) in [5.41, 5.74) is 1.82. The molecule has 1 saturated carbocycles. The topological polar surface area (TPSA) is 72.9 Å². The highest BCUT2D eigenvalue weighted by Crippen LogP contribution is 2.63. The molecule has 4 aliphatic rings. The molecule has 2 aliphatic heterocycles. The van der Waals surface area contributed by atoms with Crippen LogP contribution >= 0.6 is 0 Å². The van der Waals surface area contributed by atoms with Crippen LogP contribution in [-0.4, -0.2) is 44.8 Å². The van der Waals surface area contributed by atoms with E-state index in [4.69, 9.17) is 8.92 Å². The molecule has 156 valence electrons. The van der Waals surface area contributed by atoms with Crippen LogP contribution in [0.1, 0.15) is 30.4 Å². The zero-order valence-electron chi connectivity index (χ0n) is 16.7. The first-order valence-electron chi connectivity index (χ1n) is 10.5. The van der Waals surface area contributed by atoms with E-state index in [1.54, 1.807) is 24.3 Å². The first-order chi connectivity index (χ1) is 14.4. The second-order valence-corrected chi connectivity index (χ2v) is 10.5. The number of nitrogens with zero attached hydrogens (tertiary/aromatic N) is 1. The second-order valence-electron chi connectivity index (χ2n) is 8.93. The standard InChI is InChI=1S/C23H23NO5S/c1-24-12-11-23-16-8-9-18(25)22(23)28-21-19(10-7-14(20(21)23)13-17(16)24)29-30(26,27)15-5-3-2-4-6-15/h2-7,10,16-17,22H,8-9,11-13H2,1H3/t16?,17-,22+,23+/m1/s1. The van der Waals surface area contributed by atoms with E-state index in [2.05, 4.69) is 11.9 Å². The monoisotopic (exact) mass is 425 g/mol. The average Bonchev–Trinajstić information content (AvgIpc) is 3.10. The Labute approximate surface area is 175 Å². The lowest BCUT2D eigenvalue weighted by molar-refractivity contribution is -0.138. The van der Waals surface area contributed by atoms with Crippen molar-refractivity contribution in [1.29, 1.82) is 0 Å². The molecule has 0 amide bonds. The van der Waals surface area contributed by atoms with Crippen LogP contribution in [0.3, 0.4) is 0 Å². The smallest absolute Gasteiger partial charge is 0.339 e. The van der Waals surface area contributed by atoms with Crippen LogP contribution in [0.2, 0.25) is 0 Å². The molecule has 2 bridgehead atoms. The quantitative estimate of drug-likeness (QED) is 0.704. The van der Waals surface area contributed by atoms with Crippen LogP contribution in [0.4, 0.5) is 0 Å². The third-order valence-electron chi connectivity index (χ3n) is 7.60. The Kier molecular flexibility index (Phi) is 3.73. The van der Waals surface area contributed by atoms with Gasteiger partial charge in [-0.15, -0.1) is 0 Å². The molecule has 0 N–H and O–H groups in total. The Hall–Kier alpha value is -2.38. The van der Waals surface area contributed by atoms with Crippen molar-refractivity contribution in [3.63, 3.8) is 0 Å². The summed E-state index contributed by atoms with van der Waals surface area (Å²) in [6.07, 6.45) is 2.58. The van der Waals surface area contributed by atoms with Crippen LogP contribution < -0.4 is 8.92 Å². The Morgan fingerprint density at radius 2 is 1.97 bits per heavy atom. The highest BCUT2D eigenvalue weighted by molar-refractivity contribution is 7.87. The maximum Gasteiger partial charge on any atom is 0.339 e. The molecule has 1 saturated heterocycles. The number of likely N-dealkylation sites (tertiary alicyclic amines) is 1. The molecule has 30 heavy (non-hydrogen) atoms. The van der Waals surface area contributed by atoms with Gasteiger partial charge in [0.05, 0.1) is 0 Å². The lowest BCUT2D eigenvalue weighted by atomic mass is 9.52. The molecule has 2 fully saturated rings. The summed E-state index contributed by atoms with van der Waals surface area (Å²) >= 11 is 0. The molecular weight excluding hydrogens is 402 g/mol. The first kappa shape index (κ1) is 18.4. The van der Waals surface area contributed by atoms with Gasteiger partial charge in [0.25, 0.3) is 0 Å². The maximum absolute atomic E-state index is 12.9. The summed E-state index contributed by atoms with van der Waals surface area (Å²) in [6.45, 7) is 0.903. The first-order valence-corrected chi connectivity index (χ1v) is 11.9. The van der Waals surface area contributed by atoms with Crippen molar-refractivity contribution in [3.05, 3.63) is 53.6 Å². The molecule has 0 radical (unpaired) electrons. The number of hydrogen-bond acceptors (Lipinski definition) is 6. The van der Waals surface area contributed by atoms with E-state index < -0.39 is 16.2 Å². The molecule has 1 unspecified atom stereocenters. The summed E-state index contributed by atoms with van der Waals surface area (Å²) in [5, 5.41) is 0. The van der Waals surface area contributed by atoms with Gasteiger partial charge in [-0.2, -0.15) is 8.42 Å². The Bertz CT molecular complexity index is 1160. The van der Waals surface area contributed by atoms with E-state index in [9.17, 15) is 13.2 Å². The number of ketones is 1. The van der Waals surface area contributed by atoms with Crippen LogP contribution in [-0.2, 0) is 26.7 Å². The minimum absolute atomic E-state index is 0.0943. The molecule has 2 aromatic carbocycles. The van der Waals surface area contributed by atoms with Gasteiger partial charge in [-0.1, -0.05) is 24.3 Å². The van der Waals surface area contributed by atoms with Crippen molar-refractivity contribution >= 4 is 15.9 Å². The summed E-state index contributed by atoms with van der Waals surface area (Å²) < 4.78 is 37.5. The predicted octanol–water partition coefficient (Wildman–Crippen LogP) is 2.69. The maximum atomic E-state index is 12.9. The number of likely N-dealkylation sites (N-methyl/N-ethyl adjacent to an activating group) is 1.